The summed E-state index contributed by atoms with van der Waals surface area (Å²) in [6, 6.07) is 3.55. The number of rotatable bonds is 2. The average Bonchev–Trinajstić information content (AvgIpc) is 2.70. The van der Waals surface area contributed by atoms with Crippen LogP contribution < -0.4 is 10.5 Å². The highest BCUT2D eigenvalue weighted by molar-refractivity contribution is 5.67. The summed E-state index contributed by atoms with van der Waals surface area (Å²) in [5.41, 5.74) is 6.18. The van der Waals surface area contributed by atoms with E-state index in [0.717, 1.165) is 0 Å². The lowest BCUT2D eigenvalue weighted by Gasteiger charge is -2.06. The molecule has 72 valence electrons. The standard InChI is InChI=1S/C9H9N3O2/c1-13-8-7(6-3-2-4-14-6)11-5-12-9(8)10/h2-5H,1H3,(H2,10,11,12). The number of furan rings is 1. The maximum atomic E-state index is 5.62. The first kappa shape index (κ1) is 8.55. The number of nitrogens with two attached hydrogens (primary N) is 1. The number of hydrogen-bond donors (Lipinski definition) is 1. The Morgan fingerprint density at radius 2 is 2.29 bits per heavy atom. The van der Waals surface area contributed by atoms with Gasteiger partial charge in [0.25, 0.3) is 0 Å². The molecule has 0 atom stereocenters. The van der Waals surface area contributed by atoms with E-state index in [1.54, 1.807) is 18.4 Å². The van der Waals surface area contributed by atoms with Gasteiger partial charge in [0.2, 0.25) is 0 Å². The first-order valence-corrected chi connectivity index (χ1v) is 4.01. The van der Waals surface area contributed by atoms with Crippen LogP contribution in [0.25, 0.3) is 11.5 Å². The molecule has 5 heteroatoms. The molecule has 0 unspecified atom stereocenters. The molecular weight excluding hydrogens is 182 g/mol. The van der Waals surface area contributed by atoms with E-state index in [2.05, 4.69) is 9.97 Å². The van der Waals surface area contributed by atoms with E-state index < -0.39 is 0 Å². The molecule has 0 aliphatic heterocycles. The van der Waals surface area contributed by atoms with Crippen molar-refractivity contribution in [2.45, 2.75) is 0 Å². The Morgan fingerprint density at radius 3 is 2.93 bits per heavy atom. The zero-order valence-electron chi connectivity index (χ0n) is 7.60. The van der Waals surface area contributed by atoms with Gasteiger partial charge in [-0.1, -0.05) is 0 Å². The van der Waals surface area contributed by atoms with Crippen molar-refractivity contribution in [2.24, 2.45) is 0 Å². The number of nitrogen functional groups attached to an aromatic ring is 1. The van der Waals surface area contributed by atoms with Gasteiger partial charge in [-0.3, -0.25) is 0 Å². The van der Waals surface area contributed by atoms with Crippen molar-refractivity contribution < 1.29 is 9.15 Å². The first-order chi connectivity index (χ1) is 6.83. The van der Waals surface area contributed by atoms with Crippen LogP contribution in [0.1, 0.15) is 0 Å². The number of hydrogen-bond acceptors (Lipinski definition) is 5. The van der Waals surface area contributed by atoms with Crippen molar-refractivity contribution in [3.63, 3.8) is 0 Å². The minimum absolute atomic E-state index is 0.300. The molecule has 2 N–H and O–H groups in total. The van der Waals surface area contributed by atoms with E-state index >= 15 is 0 Å². The molecule has 0 aliphatic carbocycles. The van der Waals surface area contributed by atoms with E-state index in [-0.39, 0.29) is 0 Å². The van der Waals surface area contributed by atoms with Crippen molar-refractivity contribution in [1.82, 2.24) is 9.97 Å². The van der Waals surface area contributed by atoms with Crippen molar-refractivity contribution in [1.29, 1.82) is 0 Å². The summed E-state index contributed by atoms with van der Waals surface area (Å²) in [6.07, 6.45) is 2.93. The lowest BCUT2D eigenvalue weighted by molar-refractivity contribution is 0.413. The summed E-state index contributed by atoms with van der Waals surface area (Å²) in [7, 11) is 1.52. The number of nitrogens with zero attached hydrogens (tertiary/aromatic N) is 2. The lowest BCUT2D eigenvalue weighted by Crippen LogP contribution is -1.99. The van der Waals surface area contributed by atoms with E-state index in [9.17, 15) is 0 Å². The van der Waals surface area contributed by atoms with Crippen LogP contribution in [-0.4, -0.2) is 17.1 Å². The van der Waals surface area contributed by atoms with Crippen molar-refractivity contribution >= 4 is 5.82 Å². The van der Waals surface area contributed by atoms with Crippen LogP contribution in [0.15, 0.2) is 29.1 Å². The summed E-state index contributed by atoms with van der Waals surface area (Å²) < 4.78 is 10.3. The number of anilines is 1. The Labute approximate surface area is 80.5 Å². The maximum Gasteiger partial charge on any atom is 0.190 e. The molecule has 0 saturated carbocycles. The normalized spacial score (nSPS) is 10.1. The summed E-state index contributed by atoms with van der Waals surface area (Å²) in [5, 5.41) is 0. The third-order valence-electron chi connectivity index (χ3n) is 1.79. The second-order valence-corrected chi connectivity index (χ2v) is 2.62. The van der Waals surface area contributed by atoms with Crippen LogP contribution in [-0.2, 0) is 0 Å². The Bertz CT molecular complexity index is 426. The quantitative estimate of drug-likeness (QED) is 0.775. The number of aromatic nitrogens is 2. The third kappa shape index (κ3) is 1.28. The smallest absolute Gasteiger partial charge is 0.190 e. The summed E-state index contributed by atoms with van der Waals surface area (Å²) >= 11 is 0. The SMILES string of the molecule is COc1c(N)ncnc1-c1ccco1. The van der Waals surface area contributed by atoms with E-state index in [1.165, 1.54) is 13.4 Å². The first-order valence-electron chi connectivity index (χ1n) is 4.01. The Balaban J connectivity index is 2.58. The highest BCUT2D eigenvalue weighted by atomic mass is 16.5. The van der Waals surface area contributed by atoms with Gasteiger partial charge in [-0.15, -0.1) is 0 Å². The van der Waals surface area contributed by atoms with Gasteiger partial charge in [0.05, 0.1) is 13.4 Å². The topological polar surface area (TPSA) is 74.2 Å². The molecule has 0 bridgehead atoms. The Kier molecular flexibility index (Phi) is 2.06. The molecule has 0 radical (unpaired) electrons. The van der Waals surface area contributed by atoms with Gasteiger partial charge in [-0.25, -0.2) is 9.97 Å². The number of ether oxygens (including phenoxy) is 1. The molecule has 2 aromatic rings. The lowest BCUT2D eigenvalue weighted by atomic mass is 10.3. The zero-order valence-corrected chi connectivity index (χ0v) is 7.60. The van der Waals surface area contributed by atoms with Gasteiger partial charge < -0.3 is 14.9 Å². The van der Waals surface area contributed by atoms with Crippen LogP contribution in [0.5, 0.6) is 5.75 Å². The third-order valence-corrected chi connectivity index (χ3v) is 1.79. The summed E-state index contributed by atoms with van der Waals surface area (Å²) in [4.78, 5) is 7.86. The summed E-state index contributed by atoms with van der Waals surface area (Å²) in [6.45, 7) is 0. The second kappa shape index (κ2) is 3.37. The van der Waals surface area contributed by atoms with Gasteiger partial charge >= 0.3 is 0 Å². The van der Waals surface area contributed by atoms with E-state index in [4.69, 9.17) is 14.9 Å². The zero-order chi connectivity index (χ0) is 9.97. The minimum atomic E-state index is 0.300. The van der Waals surface area contributed by atoms with Crippen LogP contribution in [0.4, 0.5) is 5.82 Å². The molecule has 0 spiro atoms. The predicted molar refractivity (Wildman–Crippen MR) is 50.7 cm³/mol. The van der Waals surface area contributed by atoms with E-state index in [1.807, 2.05) is 0 Å². The molecule has 0 fully saturated rings. The highest BCUT2D eigenvalue weighted by Gasteiger charge is 2.13. The maximum absolute atomic E-state index is 5.62. The molecule has 0 aliphatic rings. The van der Waals surface area contributed by atoms with Crippen LogP contribution in [0.2, 0.25) is 0 Å². The highest BCUT2D eigenvalue weighted by Crippen LogP contribution is 2.30. The molecule has 0 amide bonds. The summed E-state index contributed by atoms with van der Waals surface area (Å²) in [5.74, 6) is 1.34. The van der Waals surface area contributed by atoms with Gasteiger partial charge in [0, 0.05) is 0 Å². The molecule has 0 aromatic carbocycles. The average molecular weight is 191 g/mol. The second-order valence-electron chi connectivity index (χ2n) is 2.62. The molecule has 5 nitrogen and oxygen atoms in total. The van der Waals surface area contributed by atoms with Crippen LogP contribution in [0.3, 0.4) is 0 Å². The monoisotopic (exact) mass is 191 g/mol. The Morgan fingerprint density at radius 1 is 1.43 bits per heavy atom. The minimum Gasteiger partial charge on any atom is -0.491 e. The van der Waals surface area contributed by atoms with Crippen molar-refractivity contribution in [3.05, 3.63) is 24.7 Å². The fourth-order valence-electron chi connectivity index (χ4n) is 1.18. The molecule has 2 heterocycles. The van der Waals surface area contributed by atoms with E-state index in [0.29, 0.717) is 23.0 Å². The van der Waals surface area contributed by atoms with Crippen molar-refractivity contribution in [3.8, 4) is 17.2 Å². The van der Waals surface area contributed by atoms with Gasteiger partial charge in [-0.05, 0) is 12.1 Å². The fourth-order valence-corrected chi connectivity index (χ4v) is 1.18. The molecule has 14 heavy (non-hydrogen) atoms. The number of methoxy groups -OCH3 is 1. The van der Waals surface area contributed by atoms with Gasteiger partial charge in [-0.2, -0.15) is 0 Å². The van der Waals surface area contributed by atoms with Crippen LogP contribution in [0, 0.1) is 0 Å². The molecule has 2 aromatic heterocycles. The molecule has 0 saturated heterocycles. The predicted octanol–water partition coefficient (Wildman–Crippen LogP) is 1.33. The largest absolute Gasteiger partial charge is 0.491 e. The molecular formula is C9H9N3O2. The van der Waals surface area contributed by atoms with Crippen molar-refractivity contribution in [2.75, 3.05) is 12.8 Å². The Hall–Kier alpha value is -2.04. The molecule has 2 rings (SSSR count). The van der Waals surface area contributed by atoms with Crippen LogP contribution >= 0.6 is 0 Å². The van der Waals surface area contributed by atoms with Gasteiger partial charge in [0.15, 0.2) is 23.0 Å². The fraction of sp³-hybridized carbons (Fsp3) is 0.111. The van der Waals surface area contributed by atoms with Gasteiger partial charge in [0.1, 0.15) is 6.33 Å².